The van der Waals surface area contributed by atoms with Crippen molar-refractivity contribution in [1.29, 1.82) is 0 Å². The van der Waals surface area contributed by atoms with Crippen LogP contribution in [-0.4, -0.2) is 30.4 Å². The Bertz CT molecular complexity index is 404. The third kappa shape index (κ3) is 2.17. The monoisotopic (exact) mass is 235 g/mol. The van der Waals surface area contributed by atoms with E-state index in [0.717, 1.165) is 11.3 Å². The first-order chi connectivity index (χ1) is 7.86. The lowest BCUT2D eigenvalue weighted by atomic mass is 9.84. The summed E-state index contributed by atoms with van der Waals surface area (Å²) in [4.78, 5) is 4.27. The van der Waals surface area contributed by atoms with E-state index in [1.807, 2.05) is 33.8 Å². The lowest BCUT2D eigenvalue weighted by Gasteiger charge is -2.32. The van der Waals surface area contributed by atoms with Crippen LogP contribution in [0.1, 0.15) is 27.7 Å². The summed E-state index contributed by atoms with van der Waals surface area (Å²) in [6.07, 6.45) is 1.69. The Balaban J connectivity index is 2.25. The van der Waals surface area contributed by atoms with Crippen LogP contribution >= 0.6 is 0 Å². The Hall–Kier alpha value is -1.07. The second-order valence-electron chi connectivity index (χ2n) is 5.21. The highest BCUT2D eigenvalue weighted by atomic mass is 16.7. The van der Waals surface area contributed by atoms with Gasteiger partial charge < -0.3 is 14.0 Å². The van der Waals surface area contributed by atoms with Gasteiger partial charge in [-0.15, -0.1) is 0 Å². The molecular weight excluding hydrogens is 217 g/mol. The molecular formula is C12H18BNO3. The predicted molar refractivity (Wildman–Crippen MR) is 66.5 cm³/mol. The van der Waals surface area contributed by atoms with Crippen LogP contribution in [0.2, 0.25) is 0 Å². The maximum atomic E-state index is 5.91. The van der Waals surface area contributed by atoms with Crippen LogP contribution in [0.5, 0.6) is 5.75 Å². The van der Waals surface area contributed by atoms with Gasteiger partial charge in [0.2, 0.25) is 0 Å². The van der Waals surface area contributed by atoms with Gasteiger partial charge in [0.15, 0.2) is 0 Å². The summed E-state index contributed by atoms with van der Waals surface area (Å²) < 4.78 is 17.0. The molecule has 1 fully saturated rings. The fraction of sp³-hybridized carbons (Fsp3) is 0.583. The molecule has 92 valence electrons. The molecule has 1 saturated heterocycles. The number of ether oxygens (including phenoxy) is 1. The molecule has 0 aliphatic carbocycles. The van der Waals surface area contributed by atoms with Crippen molar-refractivity contribution in [3.8, 4) is 5.75 Å². The molecule has 4 nitrogen and oxygen atoms in total. The highest BCUT2D eigenvalue weighted by molar-refractivity contribution is 6.61. The number of hydrogen-bond acceptors (Lipinski definition) is 4. The van der Waals surface area contributed by atoms with E-state index in [9.17, 15) is 0 Å². The SMILES string of the molecule is COc1ccnc(B2OC(C)(C)C(C)(C)O2)c1. The number of pyridine rings is 1. The normalized spacial score (nSPS) is 21.6. The van der Waals surface area contributed by atoms with Gasteiger partial charge in [0.25, 0.3) is 0 Å². The van der Waals surface area contributed by atoms with Gasteiger partial charge in [-0.1, -0.05) is 0 Å². The van der Waals surface area contributed by atoms with Crippen molar-refractivity contribution in [1.82, 2.24) is 4.98 Å². The molecule has 0 aromatic carbocycles. The highest BCUT2D eigenvalue weighted by Gasteiger charge is 2.52. The lowest BCUT2D eigenvalue weighted by molar-refractivity contribution is 0.00578. The number of rotatable bonds is 2. The first kappa shape index (κ1) is 12.4. The molecule has 17 heavy (non-hydrogen) atoms. The number of aromatic nitrogens is 1. The standard InChI is InChI=1S/C12H18BNO3/c1-11(2)12(3,4)17-13(16-11)10-8-9(15-5)6-7-14-10/h6-8H,1-5H3. The van der Waals surface area contributed by atoms with Crippen molar-refractivity contribution >= 4 is 12.7 Å². The maximum absolute atomic E-state index is 5.91. The van der Waals surface area contributed by atoms with Gasteiger partial charge in [-0.2, -0.15) is 0 Å². The molecule has 0 radical (unpaired) electrons. The van der Waals surface area contributed by atoms with Gasteiger partial charge in [0.1, 0.15) is 5.75 Å². The van der Waals surface area contributed by atoms with Crippen molar-refractivity contribution in [2.24, 2.45) is 0 Å². The fourth-order valence-electron chi connectivity index (χ4n) is 1.65. The molecule has 0 bridgehead atoms. The number of methoxy groups -OCH3 is 1. The average Bonchev–Trinajstić information content (AvgIpc) is 2.48. The van der Waals surface area contributed by atoms with Crippen molar-refractivity contribution in [3.05, 3.63) is 18.3 Å². The lowest BCUT2D eigenvalue weighted by Crippen LogP contribution is -2.41. The zero-order chi connectivity index (χ0) is 12.7. The third-order valence-corrected chi connectivity index (χ3v) is 3.48. The van der Waals surface area contributed by atoms with E-state index in [4.69, 9.17) is 14.0 Å². The van der Waals surface area contributed by atoms with E-state index in [0.29, 0.717) is 0 Å². The molecule has 0 spiro atoms. The minimum absolute atomic E-state index is 0.345. The second-order valence-corrected chi connectivity index (χ2v) is 5.21. The molecule has 5 heteroatoms. The van der Waals surface area contributed by atoms with E-state index in [1.165, 1.54) is 0 Å². The second kappa shape index (κ2) is 4.00. The zero-order valence-electron chi connectivity index (χ0n) is 11.0. The van der Waals surface area contributed by atoms with Gasteiger partial charge in [-0.3, -0.25) is 4.98 Å². The van der Waals surface area contributed by atoms with Gasteiger partial charge >= 0.3 is 7.12 Å². The topological polar surface area (TPSA) is 40.6 Å². The Morgan fingerprint density at radius 2 is 1.76 bits per heavy atom. The van der Waals surface area contributed by atoms with E-state index < -0.39 is 7.12 Å². The molecule has 1 aromatic heterocycles. The Morgan fingerprint density at radius 3 is 2.29 bits per heavy atom. The fourth-order valence-corrected chi connectivity index (χ4v) is 1.65. The van der Waals surface area contributed by atoms with Crippen molar-refractivity contribution in [2.75, 3.05) is 7.11 Å². The highest BCUT2D eigenvalue weighted by Crippen LogP contribution is 2.36. The van der Waals surface area contributed by atoms with Crippen molar-refractivity contribution in [3.63, 3.8) is 0 Å². The molecule has 0 unspecified atom stereocenters. The largest absolute Gasteiger partial charge is 0.514 e. The summed E-state index contributed by atoms with van der Waals surface area (Å²) >= 11 is 0. The smallest absolute Gasteiger partial charge is 0.497 e. The minimum Gasteiger partial charge on any atom is -0.497 e. The van der Waals surface area contributed by atoms with E-state index in [1.54, 1.807) is 19.4 Å². The van der Waals surface area contributed by atoms with Gasteiger partial charge in [0.05, 0.1) is 23.9 Å². The molecule has 0 atom stereocenters. The zero-order valence-corrected chi connectivity index (χ0v) is 11.0. The van der Waals surface area contributed by atoms with Gasteiger partial charge in [0, 0.05) is 6.20 Å². The van der Waals surface area contributed by atoms with Crippen LogP contribution in [0.25, 0.3) is 0 Å². The van der Waals surface area contributed by atoms with Gasteiger partial charge in [-0.25, -0.2) is 0 Å². The summed E-state index contributed by atoms with van der Waals surface area (Å²) in [5.74, 6) is 0.754. The van der Waals surface area contributed by atoms with Crippen LogP contribution in [0.4, 0.5) is 0 Å². The molecule has 1 aliphatic rings. The first-order valence-electron chi connectivity index (χ1n) is 5.71. The molecule has 2 heterocycles. The Kier molecular flexibility index (Phi) is 2.91. The quantitative estimate of drug-likeness (QED) is 0.726. The third-order valence-electron chi connectivity index (χ3n) is 3.48. The summed E-state index contributed by atoms with van der Waals surface area (Å²) in [5.41, 5.74) is 0.0493. The van der Waals surface area contributed by atoms with Crippen LogP contribution in [0.15, 0.2) is 18.3 Å². The van der Waals surface area contributed by atoms with Crippen LogP contribution in [0.3, 0.4) is 0 Å². The summed E-state index contributed by atoms with van der Waals surface area (Å²) in [7, 11) is 1.19. The molecule has 0 saturated carbocycles. The van der Waals surface area contributed by atoms with Crippen LogP contribution in [0, 0.1) is 0 Å². The van der Waals surface area contributed by atoms with Crippen LogP contribution < -0.4 is 10.3 Å². The van der Waals surface area contributed by atoms with E-state index in [-0.39, 0.29) is 11.2 Å². The predicted octanol–water partition coefficient (Wildman–Crippen LogP) is 1.39. The summed E-state index contributed by atoms with van der Waals surface area (Å²) in [6.45, 7) is 8.08. The Labute approximate surface area is 102 Å². The first-order valence-corrected chi connectivity index (χ1v) is 5.71. The Morgan fingerprint density at radius 1 is 1.18 bits per heavy atom. The van der Waals surface area contributed by atoms with Crippen molar-refractivity contribution in [2.45, 2.75) is 38.9 Å². The van der Waals surface area contributed by atoms with Crippen LogP contribution in [-0.2, 0) is 9.31 Å². The number of hydrogen-bond donors (Lipinski definition) is 0. The summed E-state index contributed by atoms with van der Waals surface area (Å²) in [5, 5.41) is 0. The maximum Gasteiger partial charge on any atom is 0.514 e. The summed E-state index contributed by atoms with van der Waals surface area (Å²) in [6, 6.07) is 3.64. The van der Waals surface area contributed by atoms with Gasteiger partial charge in [-0.05, 0) is 39.8 Å². The van der Waals surface area contributed by atoms with Crippen molar-refractivity contribution < 1.29 is 14.0 Å². The average molecular weight is 235 g/mol. The minimum atomic E-state index is -0.435. The van der Waals surface area contributed by atoms with E-state index in [2.05, 4.69) is 4.98 Å². The molecule has 0 amide bonds. The van der Waals surface area contributed by atoms with E-state index >= 15 is 0 Å². The molecule has 1 aromatic rings. The molecule has 1 aliphatic heterocycles. The molecule has 2 rings (SSSR count). The molecule has 0 N–H and O–H groups in total. The number of nitrogens with zero attached hydrogens (tertiary/aromatic N) is 1.